The van der Waals surface area contributed by atoms with Crippen molar-refractivity contribution in [3.63, 3.8) is 0 Å². The molecular formula is C18H13ClF4N2. The fourth-order valence-corrected chi connectivity index (χ4v) is 3.27. The zero-order valence-electron chi connectivity index (χ0n) is 13.3. The van der Waals surface area contributed by atoms with Crippen LogP contribution in [0.5, 0.6) is 0 Å². The first-order chi connectivity index (χ1) is 11.8. The molecule has 7 heteroatoms. The summed E-state index contributed by atoms with van der Waals surface area (Å²) in [6.45, 7) is 1.65. The number of halogens is 5. The molecule has 1 atom stereocenters. The van der Waals surface area contributed by atoms with Crippen LogP contribution in [-0.2, 0) is 7.05 Å². The molecule has 1 aromatic heterocycles. The molecule has 0 bridgehead atoms. The average Bonchev–Trinajstić information content (AvgIpc) is 2.81. The normalized spacial score (nSPS) is 12.4. The van der Waals surface area contributed by atoms with Gasteiger partial charge in [0.25, 0.3) is 0 Å². The SMILES string of the molecule is Cc1nn(C)c(C(Cl)c2ccc(F)cc2F)c1-c1ccc(F)cc1F. The Morgan fingerprint density at radius 2 is 1.56 bits per heavy atom. The summed E-state index contributed by atoms with van der Waals surface area (Å²) in [5, 5.41) is 3.18. The third kappa shape index (κ3) is 3.14. The number of rotatable bonds is 3. The van der Waals surface area contributed by atoms with Crippen LogP contribution in [-0.4, -0.2) is 9.78 Å². The number of nitrogens with zero attached hydrogens (tertiary/aromatic N) is 2. The van der Waals surface area contributed by atoms with Gasteiger partial charge < -0.3 is 0 Å². The molecule has 0 N–H and O–H groups in total. The summed E-state index contributed by atoms with van der Waals surface area (Å²) in [4.78, 5) is 0. The molecule has 0 radical (unpaired) electrons. The van der Waals surface area contributed by atoms with E-state index in [1.54, 1.807) is 14.0 Å². The van der Waals surface area contributed by atoms with Gasteiger partial charge in [-0.25, -0.2) is 17.6 Å². The van der Waals surface area contributed by atoms with E-state index in [1.165, 1.54) is 16.8 Å². The summed E-state index contributed by atoms with van der Waals surface area (Å²) in [6.07, 6.45) is 0. The van der Waals surface area contributed by atoms with E-state index in [4.69, 9.17) is 11.6 Å². The highest BCUT2D eigenvalue weighted by atomic mass is 35.5. The second kappa shape index (κ2) is 6.52. The Balaban J connectivity index is 2.20. The molecule has 0 aliphatic rings. The maximum atomic E-state index is 14.3. The molecule has 2 aromatic carbocycles. The minimum atomic E-state index is -1.04. The van der Waals surface area contributed by atoms with E-state index in [0.717, 1.165) is 24.3 Å². The summed E-state index contributed by atoms with van der Waals surface area (Å²) < 4.78 is 56.1. The highest BCUT2D eigenvalue weighted by Gasteiger charge is 2.26. The van der Waals surface area contributed by atoms with Gasteiger partial charge in [0.05, 0.1) is 11.4 Å². The molecule has 0 aliphatic heterocycles. The summed E-state index contributed by atoms with van der Waals surface area (Å²) in [5.41, 5.74) is 1.28. The number of alkyl halides is 1. The summed E-state index contributed by atoms with van der Waals surface area (Å²) in [5.74, 6) is -3.03. The highest BCUT2D eigenvalue weighted by molar-refractivity contribution is 6.23. The van der Waals surface area contributed by atoms with E-state index in [0.29, 0.717) is 17.0 Å². The van der Waals surface area contributed by atoms with Crippen molar-refractivity contribution in [2.45, 2.75) is 12.3 Å². The van der Waals surface area contributed by atoms with E-state index in [9.17, 15) is 17.6 Å². The molecule has 0 spiro atoms. The molecule has 0 amide bonds. The van der Waals surface area contributed by atoms with E-state index >= 15 is 0 Å². The second-order valence-electron chi connectivity index (χ2n) is 5.62. The predicted molar refractivity (Wildman–Crippen MR) is 87.4 cm³/mol. The van der Waals surface area contributed by atoms with Gasteiger partial charge in [-0.3, -0.25) is 4.68 Å². The fraction of sp³-hybridized carbons (Fsp3) is 0.167. The number of hydrogen-bond donors (Lipinski definition) is 0. The van der Waals surface area contributed by atoms with Crippen molar-refractivity contribution >= 4 is 11.6 Å². The topological polar surface area (TPSA) is 17.8 Å². The number of aromatic nitrogens is 2. The lowest BCUT2D eigenvalue weighted by atomic mass is 9.98. The molecule has 3 rings (SSSR count). The Labute approximate surface area is 146 Å². The van der Waals surface area contributed by atoms with Crippen molar-refractivity contribution < 1.29 is 17.6 Å². The Morgan fingerprint density at radius 1 is 0.960 bits per heavy atom. The van der Waals surface area contributed by atoms with Crippen LogP contribution in [0, 0.1) is 30.2 Å². The Hall–Kier alpha value is -2.34. The van der Waals surface area contributed by atoms with Gasteiger partial charge in [-0.1, -0.05) is 6.07 Å². The first-order valence-corrected chi connectivity index (χ1v) is 7.81. The van der Waals surface area contributed by atoms with E-state index < -0.39 is 28.6 Å². The Kier molecular flexibility index (Phi) is 4.56. The summed E-state index contributed by atoms with van der Waals surface area (Å²) in [6, 6.07) is 6.21. The van der Waals surface area contributed by atoms with Crippen LogP contribution >= 0.6 is 11.6 Å². The van der Waals surface area contributed by atoms with Crippen LogP contribution in [0.25, 0.3) is 11.1 Å². The molecule has 25 heavy (non-hydrogen) atoms. The molecule has 1 unspecified atom stereocenters. The molecule has 0 aliphatic carbocycles. The van der Waals surface area contributed by atoms with E-state index in [1.807, 2.05) is 0 Å². The van der Waals surface area contributed by atoms with Crippen LogP contribution in [0.4, 0.5) is 17.6 Å². The Bertz CT molecular complexity index is 952. The fourth-order valence-electron chi connectivity index (χ4n) is 2.85. The van der Waals surface area contributed by atoms with Gasteiger partial charge in [0.2, 0.25) is 0 Å². The minimum Gasteiger partial charge on any atom is -0.270 e. The van der Waals surface area contributed by atoms with Gasteiger partial charge >= 0.3 is 0 Å². The van der Waals surface area contributed by atoms with Crippen molar-refractivity contribution in [3.05, 3.63) is 76.6 Å². The van der Waals surface area contributed by atoms with Gasteiger partial charge in [-0.15, -0.1) is 11.6 Å². The smallest absolute Gasteiger partial charge is 0.134 e. The van der Waals surface area contributed by atoms with Gasteiger partial charge in [0, 0.05) is 35.9 Å². The lowest BCUT2D eigenvalue weighted by Crippen LogP contribution is -2.06. The third-order valence-electron chi connectivity index (χ3n) is 3.94. The summed E-state index contributed by atoms with van der Waals surface area (Å²) in [7, 11) is 1.59. The van der Waals surface area contributed by atoms with Gasteiger partial charge in [-0.05, 0) is 25.1 Å². The van der Waals surface area contributed by atoms with Gasteiger partial charge in [-0.2, -0.15) is 5.10 Å². The van der Waals surface area contributed by atoms with Crippen LogP contribution < -0.4 is 0 Å². The van der Waals surface area contributed by atoms with Crippen molar-refractivity contribution in [1.82, 2.24) is 9.78 Å². The zero-order valence-corrected chi connectivity index (χ0v) is 14.1. The number of benzene rings is 2. The average molecular weight is 369 g/mol. The first kappa shape index (κ1) is 17.5. The Morgan fingerprint density at radius 3 is 2.16 bits per heavy atom. The first-order valence-electron chi connectivity index (χ1n) is 7.37. The molecule has 1 heterocycles. The van der Waals surface area contributed by atoms with E-state index in [-0.39, 0.29) is 11.1 Å². The molecule has 0 fully saturated rings. The van der Waals surface area contributed by atoms with Crippen LogP contribution in [0.3, 0.4) is 0 Å². The van der Waals surface area contributed by atoms with Gasteiger partial charge in [0.15, 0.2) is 0 Å². The van der Waals surface area contributed by atoms with E-state index in [2.05, 4.69) is 5.10 Å². The molecule has 130 valence electrons. The maximum Gasteiger partial charge on any atom is 0.134 e. The molecule has 0 saturated heterocycles. The van der Waals surface area contributed by atoms with Gasteiger partial charge in [0.1, 0.15) is 28.6 Å². The minimum absolute atomic E-state index is 0.0369. The quantitative estimate of drug-likeness (QED) is 0.454. The van der Waals surface area contributed by atoms with Crippen LogP contribution in [0.1, 0.15) is 22.3 Å². The standard InChI is InChI=1S/C18H13ClF4N2/c1-9-16(12-5-3-10(20)7-14(12)22)18(25(2)24-9)17(19)13-6-4-11(21)8-15(13)23/h3-8,17H,1-2H3. The highest BCUT2D eigenvalue weighted by Crippen LogP contribution is 2.39. The molecule has 3 aromatic rings. The van der Waals surface area contributed by atoms with Crippen molar-refractivity contribution in [2.24, 2.45) is 7.05 Å². The van der Waals surface area contributed by atoms with Crippen molar-refractivity contribution in [3.8, 4) is 11.1 Å². The zero-order chi connectivity index (χ0) is 18.3. The largest absolute Gasteiger partial charge is 0.270 e. The second-order valence-corrected chi connectivity index (χ2v) is 6.06. The third-order valence-corrected chi connectivity index (χ3v) is 4.38. The van der Waals surface area contributed by atoms with Crippen LogP contribution in [0.2, 0.25) is 0 Å². The number of aryl methyl sites for hydroxylation is 2. The summed E-state index contributed by atoms with van der Waals surface area (Å²) >= 11 is 6.43. The lowest BCUT2D eigenvalue weighted by Gasteiger charge is -2.15. The monoisotopic (exact) mass is 368 g/mol. The maximum absolute atomic E-state index is 14.3. The van der Waals surface area contributed by atoms with Crippen molar-refractivity contribution in [2.75, 3.05) is 0 Å². The van der Waals surface area contributed by atoms with Crippen LogP contribution in [0.15, 0.2) is 36.4 Å². The molecule has 2 nitrogen and oxygen atoms in total. The molecule has 0 saturated carbocycles. The molecular weight excluding hydrogens is 356 g/mol. The lowest BCUT2D eigenvalue weighted by molar-refractivity contribution is 0.571. The predicted octanol–water partition coefficient (Wildman–Crippen LogP) is 5.28. The number of hydrogen-bond acceptors (Lipinski definition) is 1. The van der Waals surface area contributed by atoms with Crippen molar-refractivity contribution in [1.29, 1.82) is 0 Å².